The van der Waals surface area contributed by atoms with Gasteiger partial charge in [0.05, 0.1) is 12.4 Å². The van der Waals surface area contributed by atoms with Crippen LogP contribution in [0.3, 0.4) is 0 Å². The number of likely N-dealkylation sites (N-methyl/N-ethyl adjacent to an activating group) is 1. The van der Waals surface area contributed by atoms with Gasteiger partial charge in [-0.2, -0.15) is 4.52 Å². The van der Waals surface area contributed by atoms with Gasteiger partial charge in [-0.3, -0.25) is 4.98 Å². The van der Waals surface area contributed by atoms with Crippen LogP contribution in [0.2, 0.25) is 0 Å². The van der Waals surface area contributed by atoms with Gasteiger partial charge in [0, 0.05) is 19.6 Å². The Balaban J connectivity index is 2.00. The Morgan fingerprint density at radius 1 is 1.50 bits per heavy atom. The molecule has 0 saturated carbocycles. The third-order valence-electron chi connectivity index (χ3n) is 3.03. The molecule has 1 unspecified atom stereocenters. The Morgan fingerprint density at radius 2 is 2.44 bits per heavy atom. The first-order valence-corrected chi connectivity index (χ1v) is 5.32. The molecule has 1 saturated heterocycles. The maximum Gasteiger partial charge on any atom is 0.199 e. The summed E-state index contributed by atoms with van der Waals surface area (Å²) >= 11 is 0. The van der Waals surface area contributed by atoms with Crippen molar-refractivity contribution < 1.29 is 0 Å². The van der Waals surface area contributed by atoms with Crippen LogP contribution in [0.15, 0.2) is 12.4 Å². The van der Waals surface area contributed by atoms with Gasteiger partial charge in [0.15, 0.2) is 11.5 Å². The van der Waals surface area contributed by atoms with E-state index in [0.717, 1.165) is 25.3 Å². The van der Waals surface area contributed by atoms with Gasteiger partial charge in [-0.15, -0.1) is 5.10 Å². The Kier molecular flexibility index (Phi) is 2.17. The predicted octanol–water partition coefficient (Wildman–Crippen LogP) is -0.683. The van der Waals surface area contributed by atoms with E-state index in [1.165, 1.54) is 0 Å². The number of tetrazole rings is 1. The van der Waals surface area contributed by atoms with Gasteiger partial charge in [0.2, 0.25) is 0 Å². The summed E-state index contributed by atoms with van der Waals surface area (Å²) in [6.45, 7) is 2.06. The predicted molar refractivity (Wildman–Crippen MR) is 58.3 cm³/mol. The van der Waals surface area contributed by atoms with Crippen molar-refractivity contribution >= 4 is 11.5 Å². The van der Waals surface area contributed by atoms with Crippen molar-refractivity contribution in [2.24, 2.45) is 0 Å². The van der Waals surface area contributed by atoms with Gasteiger partial charge < -0.3 is 10.2 Å². The molecule has 1 N–H and O–H groups in total. The van der Waals surface area contributed by atoms with E-state index < -0.39 is 0 Å². The third kappa shape index (κ3) is 1.40. The Bertz CT molecular complexity index is 487. The van der Waals surface area contributed by atoms with Crippen molar-refractivity contribution in [1.29, 1.82) is 0 Å². The molecular formula is C9H13N7. The third-order valence-corrected chi connectivity index (χ3v) is 3.03. The second kappa shape index (κ2) is 3.67. The lowest BCUT2D eigenvalue weighted by Crippen LogP contribution is -2.34. The molecule has 0 amide bonds. The smallest absolute Gasteiger partial charge is 0.199 e. The molecule has 1 aliphatic heterocycles. The Hall–Kier alpha value is -1.76. The highest BCUT2D eigenvalue weighted by Crippen LogP contribution is 2.16. The fraction of sp³-hybridized carbons (Fsp3) is 0.556. The summed E-state index contributed by atoms with van der Waals surface area (Å²) in [6, 6.07) is 0.483. The van der Waals surface area contributed by atoms with Crippen LogP contribution in [-0.4, -0.2) is 51.2 Å². The molecule has 0 radical (unpaired) electrons. The SMILES string of the molecule is CN(c1cncc2nnnn12)C1CCNC1. The number of anilines is 1. The van der Waals surface area contributed by atoms with Crippen LogP contribution in [0.4, 0.5) is 5.82 Å². The van der Waals surface area contributed by atoms with Crippen LogP contribution in [0.1, 0.15) is 6.42 Å². The summed E-state index contributed by atoms with van der Waals surface area (Å²) in [4.78, 5) is 6.33. The molecule has 0 spiro atoms. The molecule has 1 atom stereocenters. The van der Waals surface area contributed by atoms with Crippen LogP contribution in [0.5, 0.6) is 0 Å². The molecule has 16 heavy (non-hydrogen) atoms. The van der Waals surface area contributed by atoms with Crippen molar-refractivity contribution in [3.63, 3.8) is 0 Å². The van der Waals surface area contributed by atoms with Crippen LogP contribution in [-0.2, 0) is 0 Å². The second-order valence-electron chi connectivity index (χ2n) is 3.97. The van der Waals surface area contributed by atoms with Crippen LogP contribution >= 0.6 is 0 Å². The van der Waals surface area contributed by atoms with Gasteiger partial charge in [-0.25, -0.2) is 0 Å². The highest BCUT2D eigenvalue weighted by molar-refractivity contribution is 5.46. The number of hydrogen-bond donors (Lipinski definition) is 1. The van der Waals surface area contributed by atoms with Crippen molar-refractivity contribution in [3.8, 4) is 0 Å². The van der Waals surface area contributed by atoms with Crippen molar-refractivity contribution in [3.05, 3.63) is 12.4 Å². The highest BCUT2D eigenvalue weighted by Gasteiger charge is 2.21. The minimum atomic E-state index is 0.483. The maximum atomic E-state index is 4.15. The molecule has 2 aromatic rings. The fourth-order valence-corrected chi connectivity index (χ4v) is 2.06. The zero-order valence-electron chi connectivity index (χ0n) is 9.04. The number of aromatic nitrogens is 5. The normalized spacial score (nSPS) is 20.4. The fourth-order valence-electron chi connectivity index (χ4n) is 2.06. The lowest BCUT2D eigenvalue weighted by molar-refractivity contribution is 0.660. The van der Waals surface area contributed by atoms with E-state index in [-0.39, 0.29) is 0 Å². The van der Waals surface area contributed by atoms with E-state index in [0.29, 0.717) is 11.7 Å². The molecule has 84 valence electrons. The average molecular weight is 219 g/mol. The number of nitrogens with zero attached hydrogens (tertiary/aromatic N) is 6. The van der Waals surface area contributed by atoms with E-state index >= 15 is 0 Å². The van der Waals surface area contributed by atoms with Gasteiger partial charge in [-0.1, -0.05) is 0 Å². The second-order valence-corrected chi connectivity index (χ2v) is 3.97. The quantitative estimate of drug-likeness (QED) is 0.721. The summed E-state index contributed by atoms with van der Waals surface area (Å²) in [7, 11) is 2.05. The molecule has 3 rings (SSSR count). The first-order chi connectivity index (χ1) is 7.86. The van der Waals surface area contributed by atoms with Gasteiger partial charge >= 0.3 is 0 Å². The largest absolute Gasteiger partial charge is 0.354 e. The maximum absolute atomic E-state index is 4.15. The lowest BCUT2D eigenvalue weighted by atomic mass is 10.2. The van der Waals surface area contributed by atoms with Crippen LogP contribution in [0, 0.1) is 0 Å². The van der Waals surface area contributed by atoms with E-state index in [1.807, 2.05) is 0 Å². The van der Waals surface area contributed by atoms with Gasteiger partial charge in [-0.05, 0) is 23.4 Å². The number of hydrogen-bond acceptors (Lipinski definition) is 6. The summed E-state index contributed by atoms with van der Waals surface area (Å²) in [5, 5.41) is 14.8. The molecule has 0 aliphatic carbocycles. The molecule has 7 heteroatoms. The molecular weight excluding hydrogens is 206 g/mol. The van der Waals surface area contributed by atoms with Crippen LogP contribution in [0.25, 0.3) is 5.65 Å². The molecule has 1 aliphatic rings. The van der Waals surface area contributed by atoms with Crippen LogP contribution < -0.4 is 10.2 Å². The number of nitrogens with one attached hydrogen (secondary N) is 1. The minimum absolute atomic E-state index is 0.483. The lowest BCUT2D eigenvalue weighted by Gasteiger charge is -2.25. The van der Waals surface area contributed by atoms with E-state index in [1.54, 1.807) is 16.9 Å². The van der Waals surface area contributed by atoms with Crippen molar-refractivity contribution in [2.45, 2.75) is 12.5 Å². The van der Waals surface area contributed by atoms with E-state index in [2.05, 4.69) is 37.8 Å². The standard InChI is InChI=1S/C9H13N7/c1-15(7-2-3-10-4-7)9-6-11-5-8-12-13-14-16(8)9/h5-7,10H,2-4H2,1H3. The topological polar surface area (TPSA) is 71.2 Å². The number of fused-ring (bicyclic) bond motifs is 1. The molecule has 2 aromatic heterocycles. The summed E-state index contributed by atoms with van der Waals surface area (Å²) in [6.07, 6.45) is 4.58. The molecule has 0 aromatic carbocycles. The van der Waals surface area contributed by atoms with E-state index in [4.69, 9.17) is 0 Å². The summed E-state index contributed by atoms with van der Waals surface area (Å²) in [5.74, 6) is 0.927. The Morgan fingerprint density at radius 3 is 3.25 bits per heavy atom. The summed E-state index contributed by atoms with van der Waals surface area (Å²) in [5.41, 5.74) is 0.676. The molecule has 0 bridgehead atoms. The highest BCUT2D eigenvalue weighted by atomic mass is 15.5. The van der Waals surface area contributed by atoms with E-state index in [9.17, 15) is 0 Å². The first kappa shape index (κ1) is 9.46. The van der Waals surface area contributed by atoms with Crippen molar-refractivity contribution in [1.82, 2.24) is 30.3 Å². The monoisotopic (exact) mass is 219 g/mol. The molecule has 3 heterocycles. The molecule has 1 fully saturated rings. The van der Waals surface area contributed by atoms with Gasteiger partial charge in [0.25, 0.3) is 0 Å². The van der Waals surface area contributed by atoms with Crippen molar-refractivity contribution in [2.75, 3.05) is 25.0 Å². The first-order valence-electron chi connectivity index (χ1n) is 5.32. The summed E-state index contributed by atoms with van der Waals surface area (Å²) < 4.78 is 1.71. The zero-order chi connectivity index (χ0) is 11.0. The zero-order valence-corrected chi connectivity index (χ0v) is 9.04. The number of rotatable bonds is 2. The molecule has 7 nitrogen and oxygen atoms in total. The average Bonchev–Trinajstić information content (AvgIpc) is 2.98. The Labute approximate surface area is 92.5 Å². The van der Waals surface area contributed by atoms with Gasteiger partial charge in [0.1, 0.15) is 0 Å². The minimum Gasteiger partial charge on any atom is -0.354 e.